The minimum atomic E-state index is -0.224. The molecule has 2 aromatic rings. The molecule has 0 saturated carbocycles. The van der Waals surface area contributed by atoms with E-state index < -0.39 is 0 Å². The zero-order valence-corrected chi connectivity index (χ0v) is 16.6. The zero-order chi connectivity index (χ0) is 19.9. The van der Waals surface area contributed by atoms with Gasteiger partial charge in [0.2, 0.25) is 0 Å². The second kappa shape index (κ2) is 9.40. The van der Waals surface area contributed by atoms with Crippen LogP contribution in [0.25, 0.3) is 0 Å². The van der Waals surface area contributed by atoms with Gasteiger partial charge in [-0.25, -0.2) is 0 Å². The van der Waals surface area contributed by atoms with Gasteiger partial charge in [0.05, 0.1) is 6.61 Å². The number of ether oxygens (including phenoxy) is 1. The van der Waals surface area contributed by atoms with E-state index >= 15 is 0 Å². The molecule has 2 amide bonds. The zero-order valence-electron chi connectivity index (χ0n) is 16.6. The molecule has 0 unspecified atom stereocenters. The molecule has 1 N–H and O–H groups in total. The van der Waals surface area contributed by atoms with Crippen molar-refractivity contribution in [2.24, 2.45) is 5.92 Å². The number of rotatable bonds is 6. The van der Waals surface area contributed by atoms with Gasteiger partial charge in [0.1, 0.15) is 5.75 Å². The second-order valence-electron chi connectivity index (χ2n) is 7.39. The van der Waals surface area contributed by atoms with Crippen molar-refractivity contribution in [2.45, 2.75) is 33.1 Å². The minimum absolute atomic E-state index is 0.0259. The van der Waals surface area contributed by atoms with Gasteiger partial charge in [0.15, 0.2) is 0 Å². The molecule has 1 heterocycles. The number of hydrogen-bond donors (Lipinski definition) is 1. The van der Waals surface area contributed by atoms with Crippen LogP contribution in [-0.4, -0.2) is 36.4 Å². The fourth-order valence-corrected chi connectivity index (χ4v) is 3.27. The van der Waals surface area contributed by atoms with Crippen LogP contribution in [0.4, 0.5) is 5.69 Å². The van der Waals surface area contributed by atoms with E-state index in [1.165, 1.54) is 0 Å². The monoisotopic (exact) mass is 380 g/mol. The molecule has 3 rings (SSSR count). The van der Waals surface area contributed by atoms with E-state index in [4.69, 9.17) is 4.74 Å². The van der Waals surface area contributed by atoms with Crippen LogP contribution < -0.4 is 10.1 Å². The van der Waals surface area contributed by atoms with E-state index in [1.54, 1.807) is 42.5 Å². The van der Waals surface area contributed by atoms with Gasteiger partial charge in [-0.1, -0.05) is 26.0 Å². The molecule has 0 spiro atoms. The maximum absolute atomic E-state index is 12.8. The Labute approximate surface area is 166 Å². The van der Waals surface area contributed by atoms with Gasteiger partial charge in [-0.3, -0.25) is 9.59 Å². The average Bonchev–Trinajstić information content (AvgIpc) is 2.72. The molecule has 0 atom stereocenters. The van der Waals surface area contributed by atoms with Crippen LogP contribution in [0.3, 0.4) is 0 Å². The lowest BCUT2D eigenvalue weighted by atomic mass is 9.98. The standard InChI is InChI=1S/C23H28N2O3/c1-3-14-28-21-9-5-6-18(16-21)22(26)24-20-8-4-7-19(15-20)23(27)25-12-10-17(2)11-13-25/h4-9,15-17H,3,10-14H2,1-2H3,(H,24,26). The van der Waals surface area contributed by atoms with Crippen molar-refractivity contribution < 1.29 is 14.3 Å². The summed E-state index contributed by atoms with van der Waals surface area (Å²) in [7, 11) is 0. The molecule has 1 aliphatic rings. The summed E-state index contributed by atoms with van der Waals surface area (Å²) in [6, 6.07) is 14.3. The van der Waals surface area contributed by atoms with Crippen LogP contribution in [-0.2, 0) is 0 Å². The number of nitrogens with zero attached hydrogens (tertiary/aromatic N) is 1. The Bertz CT molecular complexity index is 826. The molecule has 2 aromatic carbocycles. The number of amides is 2. The van der Waals surface area contributed by atoms with Crippen LogP contribution in [0, 0.1) is 5.92 Å². The first-order chi connectivity index (χ1) is 13.6. The Morgan fingerprint density at radius 2 is 1.79 bits per heavy atom. The molecule has 1 saturated heterocycles. The molecule has 148 valence electrons. The van der Waals surface area contributed by atoms with Gasteiger partial charge in [-0.05, 0) is 61.6 Å². The fourth-order valence-electron chi connectivity index (χ4n) is 3.27. The van der Waals surface area contributed by atoms with Crippen LogP contribution in [0.1, 0.15) is 53.8 Å². The predicted octanol–water partition coefficient (Wildman–Crippen LogP) is 4.60. The summed E-state index contributed by atoms with van der Waals surface area (Å²) in [5, 5.41) is 2.88. The number of piperidine rings is 1. The van der Waals surface area contributed by atoms with Crippen molar-refractivity contribution >= 4 is 17.5 Å². The van der Waals surface area contributed by atoms with E-state index in [2.05, 4.69) is 12.2 Å². The number of benzene rings is 2. The molecule has 0 bridgehead atoms. The number of carbonyl (C=O) groups is 2. The maximum atomic E-state index is 12.8. The van der Waals surface area contributed by atoms with Gasteiger partial charge >= 0.3 is 0 Å². The summed E-state index contributed by atoms with van der Waals surface area (Å²) in [4.78, 5) is 27.3. The molecular weight excluding hydrogens is 352 g/mol. The van der Waals surface area contributed by atoms with E-state index in [0.29, 0.717) is 35.1 Å². The van der Waals surface area contributed by atoms with E-state index in [0.717, 1.165) is 32.4 Å². The average molecular weight is 380 g/mol. The first-order valence-corrected chi connectivity index (χ1v) is 10.0. The lowest BCUT2D eigenvalue weighted by molar-refractivity contribution is 0.0697. The van der Waals surface area contributed by atoms with Crippen molar-refractivity contribution in [3.63, 3.8) is 0 Å². The van der Waals surface area contributed by atoms with Crippen LogP contribution in [0.5, 0.6) is 5.75 Å². The highest BCUT2D eigenvalue weighted by Gasteiger charge is 2.21. The largest absolute Gasteiger partial charge is 0.494 e. The summed E-state index contributed by atoms with van der Waals surface area (Å²) in [5.74, 6) is 1.15. The van der Waals surface area contributed by atoms with Crippen molar-refractivity contribution in [1.29, 1.82) is 0 Å². The fraction of sp³-hybridized carbons (Fsp3) is 0.391. The highest BCUT2D eigenvalue weighted by atomic mass is 16.5. The van der Waals surface area contributed by atoms with Crippen LogP contribution >= 0.6 is 0 Å². The molecule has 28 heavy (non-hydrogen) atoms. The Balaban J connectivity index is 1.67. The summed E-state index contributed by atoms with van der Waals surface area (Å²) < 4.78 is 5.59. The van der Waals surface area contributed by atoms with Crippen LogP contribution in [0.15, 0.2) is 48.5 Å². The molecule has 1 aliphatic heterocycles. The topological polar surface area (TPSA) is 58.6 Å². The molecule has 1 fully saturated rings. The number of hydrogen-bond acceptors (Lipinski definition) is 3. The number of anilines is 1. The molecule has 5 nitrogen and oxygen atoms in total. The lowest BCUT2D eigenvalue weighted by Crippen LogP contribution is -2.37. The molecule has 0 aliphatic carbocycles. The maximum Gasteiger partial charge on any atom is 0.255 e. The first-order valence-electron chi connectivity index (χ1n) is 10.0. The second-order valence-corrected chi connectivity index (χ2v) is 7.39. The van der Waals surface area contributed by atoms with Gasteiger partial charge in [-0.2, -0.15) is 0 Å². The van der Waals surface area contributed by atoms with E-state index in [9.17, 15) is 9.59 Å². The Kier molecular flexibility index (Phi) is 6.69. The highest BCUT2D eigenvalue weighted by Crippen LogP contribution is 2.20. The Hall–Kier alpha value is -2.82. The first kappa shape index (κ1) is 19.9. The minimum Gasteiger partial charge on any atom is -0.494 e. The Morgan fingerprint density at radius 3 is 2.54 bits per heavy atom. The van der Waals surface area contributed by atoms with Gasteiger partial charge < -0.3 is 15.0 Å². The van der Waals surface area contributed by atoms with Gasteiger partial charge in [-0.15, -0.1) is 0 Å². The van der Waals surface area contributed by atoms with E-state index in [-0.39, 0.29) is 11.8 Å². The third kappa shape index (κ3) is 5.12. The summed E-state index contributed by atoms with van der Waals surface area (Å²) in [6.07, 6.45) is 2.99. The Morgan fingerprint density at radius 1 is 1.07 bits per heavy atom. The van der Waals surface area contributed by atoms with Crippen molar-refractivity contribution in [2.75, 3.05) is 25.0 Å². The van der Waals surface area contributed by atoms with Crippen molar-refractivity contribution in [1.82, 2.24) is 4.90 Å². The molecule has 0 radical (unpaired) electrons. The molecule has 0 aromatic heterocycles. The third-order valence-corrected chi connectivity index (χ3v) is 5.01. The van der Waals surface area contributed by atoms with Crippen molar-refractivity contribution in [3.05, 3.63) is 59.7 Å². The summed E-state index contributed by atoms with van der Waals surface area (Å²) in [6.45, 7) is 6.46. The van der Waals surface area contributed by atoms with Crippen LogP contribution in [0.2, 0.25) is 0 Å². The smallest absolute Gasteiger partial charge is 0.255 e. The van der Waals surface area contributed by atoms with E-state index in [1.807, 2.05) is 17.9 Å². The highest BCUT2D eigenvalue weighted by molar-refractivity contribution is 6.05. The quantitative estimate of drug-likeness (QED) is 0.797. The van der Waals surface area contributed by atoms with Gasteiger partial charge in [0, 0.05) is 29.9 Å². The number of likely N-dealkylation sites (tertiary alicyclic amines) is 1. The number of carbonyl (C=O) groups excluding carboxylic acids is 2. The van der Waals surface area contributed by atoms with Gasteiger partial charge in [0.25, 0.3) is 11.8 Å². The van der Waals surface area contributed by atoms with Crippen molar-refractivity contribution in [3.8, 4) is 5.75 Å². The lowest BCUT2D eigenvalue weighted by Gasteiger charge is -2.30. The number of nitrogens with one attached hydrogen (secondary N) is 1. The summed E-state index contributed by atoms with van der Waals surface area (Å²) >= 11 is 0. The SMILES string of the molecule is CCCOc1cccc(C(=O)Nc2cccc(C(=O)N3CCC(C)CC3)c2)c1. The predicted molar refractivity (Wildman–Crippen MR) is 111 cm³/mol. The molecular formula is C23H28N2O3. The normalized spacial score (nSPS) is 14.6. The summed E-state index contributed by atoms with van der Waals surface area (Å²) in [5.41, 5.74) is 1.74. The third-order valence-electron chi connectivity index (χ3n) is 5.01. The molecule has 5 heteroatoms.